The molecule has 0 bridgehead atoms. The molecule has 0 unspecified atom stereocenters. The van der Waals surface area contributed by atoms with Crippen LogP contribution >= 0.6 is 11.3 Å². The molecule has 1 heterocycles. The first-order chi connectivity index (χ1) is 12.9. The third kappa shape index (κ3) is 6.03. The molecule has 0 radical (unpaired) electrons. The molecule has 0 aliphatic carbocycles. The molecule has 0 fully saturated rings. The van der Waals surface area contributed by atoms with Crippen LogP contribution in [-0.2, 0) is 16.0 Å². The number of anilines is 1. The van der Waals surface area contributed by atoms with E-state index in [4.69, 9.17) is 4.74 Å². The summed E-state index contributed by atoms with van der Waals surface area (Å²) in [5.41, 5.74) is 2.23. The summed E-state index contributed by atoms with van der Waals surface area (Å²) < 4.78 is 5.17. The number of rotatable bonds is 9. The number of carbonyl (C=O) groups is 3. The summed E-state index contributed by atoms with van der Waals surface area (Å²) in [4.78, 5) is 37.6. The zero-order valence-electron chi connectivity index (χ0n) is 16.0. The number of aryl methyl sites for hydroxylation is 2. The van der Waals surface area contributed by atoms with Crippen LogP contribution in [0.4, 0.5) is 5.69 Å². The molecular weight excluding hydrogens is 362 g/mol. The summed E-state index contributed by atoms with van der Waals surface area (Å²) in [5, 5.41) is 2.76. The van der Waals surface area contributed by atoms with Gasteiger partial charge in [-0.3, -0.25) is 9.59 Å². The minimum absolute atomic E-state index is 0.0563. The zero-order valence-corrected chi connectivity index (χ0v) is 16.8. The molecule has 1 N–H and O–H groups in total. The van der Waals surface area contributed by atoms with E-state index in [0.717, 1.165) is 29.7 Å². The molecule has 0 aliphatic rings. The predicted molar refractivity (Wildman–Crippen MR) is 108 cm³/mol. The van der Waals surface area contributed by atoms with Crippen LogP contribution in [0.2, 0.25) is 0 Å². The maximum Gasteiger partial charge on any atom is 0.348 e. The van der Waals surface area contributed by atoms with Gasteiger partial charge < -0.3 is 10.1 Å². The normalized spacial score (nSPS) is 10.5. The van der Waals surface area contributed by atoms with Crippen LogP contribution in [0.1, 0.15) is 63.6 Å². The highest BCUT2D eigenvalue weighted by Crippen LogP contribution is 2.23. The van der Waals surface area contributed by atoms with Gasteiger partial charge in [-0.2, -0.15) is 0 Å². The smallest absolute Gasteiger partial charge is 0.348 e. The Hall–Kier alpha value is -2.47. The lowest BCUT2D eigenvalue weighted by atomic mass is 10.1. The standard InChI is InChI=1S/C21H25NO4S/c1-4-6-16-12-19(27-14(16)3)21(25)26-13-18(23)15-8-10-17(11-9-15)22-20(24)7-5-2/h8-12H,4-7,13H2,1-3H3,(H,22,24). The topological polar surface area (TPSA) is 72.5 Å². The third-order valence-corrected chi connectivity index (χ3v) is 5.12. The van der Waals surface area contributed by atoms with Crippen molar-refractivity contribution in [2.24, 2.45) is 0 Å². The molecule has 2 rings (SSSR count). The van der Waals surface area contributed by atoms with E-state index in [0.29, 0.717) is 22.5 Å². The van der Waals surface area contributed by atoms with Crippen LogP contribution in [-0.4, -0.2) is 24.3 Å². The summed E-state index contributed by atoms with van der Waals surface area (Å²) in [6.45, 7) is 5.71. The lowest BCUT2D eigenvalue weighted by molar-refractivity contribution is -0.116. The first-order valence-corrected chi connectivity index (χ1v) is 9.95. The fourth-order valence-electron chi connectivity index (χ4n) is 2.61. The highest BCUT2D eigenvalue weighted by atomic mass is 32.1. The third-order valence-electron chi connectivity index (χ3n) is 4.04. The molecule has 0 atom stereocenters. The fourth-order valence-corrected chi connectivity index (χ4v) is 3.58. The number of thiophene rings is 1. The summed E-state index contributed by atoms with van der Waals surface area (Å²) >= 11 is 1.40. The van der Waals surface area contributed by atoms with Gasteiger partial charge in [-0.25, -0.2) is 4.79 Å². The molecule has 6 heteroatoms. The lowest BCUT2D eigenvalue weighted by Gasteiger charge is -2.06. The van der Waals surface area contributed by atoms with Crippen molar-refractivity contribution in [2.75, 3.05) is 11.9 Å². The SMILES string of the molecule is CCCC(=O)Nc1ccc(C(=O)COC(=O)c2cc(CCC)c(C)s2)cc1. The van der Waals surface area contributed by atoms with Crippen molar-refractivity contribution in [1.29, 1.82) is 0 Å². The second-order valence-electron chi connectivity index (χ2n) is 6.32. The maximum absolute atomic E-state index is 12.2. The Morgan fingerprint density at radius 2 is 1.78 bits per heavy atom. The second-order valence-corrected chi connectivity index (χ2v) is 7.57. The monoisotopic (exact) mass is 387 g/mol. The van der Waals surface area contributed by atoms with Crippen molar-refractivity contribution < 1.29 is 19.1 Å². The van der Waals surface area contributed by atoms with Crippen LogP contribution in [0.15, 0.2) is 30.3 Å². The van der Waals surface area contributed by atoms with Crippen molar-refractivity contribution >= 4 is 34.7 Å². The van der Waals surface area contributed by atoms with Gasteiger partial charge in [-0.1, -0.05) is 20.3 Å². The molecule has 0 aliphatic heterocycles. The molecule has 2 aromatic rings. The van der Waals surface area contributed by atoms with Crippen LogP contribution in [0.25, 0.3) is 0 Å². The van der Waals surface area contributed by atoms with Crippen LogP contribution in [0.3, 0.4) is 0 Å². The Morgan fingerprint density at radius 1 is 1.07 bits per heavy atom. The molecule has 0 saturated carbocycles. The number of ether oxygens (including phenoxy) is 1. The van der Waals surface area contributed by atoms with Crippen molar-refractivity contribution in [1.82, 2.24) is 0 Å². The Labute approximate surface area is 163 Å². The summed E-state index contributed by atoms with van der Waals surface area (Å²) in [5.74, 6) is -0.807. The Kier molecular flexibility index (Phi) is 7.73. The number of esters is 1. The minimum Gasteiger partial charge on any atom is -0.453 e. The number of ketones is 1. The Bertz CT molecular complexity index is 808. The molecule has 0 saturated heterocycles. The summed E-state index contributed by atoms with van der Waals surface area (Å²) in [6.07, 6.45) is 3.17. The Morgan fingerprint density at radius 3 is 2.41 bits per heavy atom. The van der Waals surface area contributed by atoms with Gasteiger partial charge in [0, 0.05) is 22.5 Å². The molecule has 1 aromatic carbocycles. The van der Waals surface area contributed by atoms with E-state index in [2.05, 4.69) is 12.2 Å². The average Bonchev–Trinajstić information content (AvgIpc) is 3.01. The fraction of sp³-hybridized carbons (Fsp3) is 0.381. The number of benzene rings is 1. The van der Waals surface area contributed by atoms with E-state index in [-0.39, 0.29) is 18.3 Å². The molecule has 1 aromatic heterocycles. The Balaban J connectivity index is 1.90. The maximum atomic E-state index is 12.2. The summed E-state index contributed by atoms with van der Waals surface area (Å²) in [7, 11) is 0. The van der Waals surface area contributed by atoms with Gasteiger partial charge in [0.1, 0.15) is 4.88 Å². The van der Waals surface area contributed by atoms with Crippen molar-refractivity contribution in [3.8, 4) is 0 Å². The average molecular weight is 388 g/mol. The largest absolute Gasteiger partial charge is 0.453 e. The van der Waals surface area contributed by atoms with E-state index in [1.165, 1.54) is 11.3 Å². The second kappa shape index (κ2) is 10.0. The van der Waals surface area contributed by atoms with E-state index in [1.54, 1.807) is 24.3 Å². The van der Waals surface area contributed by atoms with E-state index in [9.17, 15) is 14.4 Å². The summed E-state index contributed by atoms with van der Waals surface area (Å²) in [6, 6.07) is 8.42. The highest BCUT2D eigenvalue weighted by molar-refractivity contribution is 7.14. The number of hydrogen-bond donors (Lipinski definition) is 1. The molecule has 144 valence electrons. The number of Topliss-reactive ketones (excluding diaryl/α,β-unsaturated/α-hetero) is 1. The highest BCUT2D eigenvalue weighted by Gasteiger charge is 2.16. The van der Waals surface area contributed by atoms with Gasteiger partial charge in [-0.15, -0.1) is 11.3 Å². The number of amides is 1. The van der Waals surface area contributed by atoms with E-state index < -0.39 is 5.97 Å². The molecule has 5 nitrogen and oxygen atoms in total. The minimum atomic E-state index is -0.470. The predicted octanol–water partition coefficient (Wildman–Crippen LogP) is 4.79. The molecule has 0 spiro atoms. The van der Waals surface area contributed by atoms with Gasteiger partial charge in [0.15, 0.2) is 12.4 Å². The van der Waals surface area contributed by atoms with Crippen LogP contribution < -0.4 is 5.32 Å². The number of hydrogen-bond acceptors (Lipinski definition) is 5. The van der Waals surface area contributed by atoms with Gasteiger partial charge >= 0.3 is 5.97 Å². The quantitative estimate of drug-likeness (QED) is 0.496. The number of carbonyl (C=O) groups excluding carboxylic acids is 3. The van der Waals surface area contributed by atoms with Gasteiger partial charge in [0.05, 0.1) is 0 Å². The van der Waals surface area contributed by atoms with Gasteiger partial charge in [-0.05, 0) is 55.7 Å². The zero-order chi connectivity index (χ0) is 19.8. The first-order valence-electron chi connectivity index (χ1n) is 9.14. The van der Waals surface area contributed by atoms with Gasteiger partial charge in [0.2, 0.25) is 5.91 Å². The van der Waals surface area contributed by atoms with Crippen molar-refractivity contribution in [3.63, 3.8) is 0 Å². The van der Waals surface area contributed by atoms with E-state index in [1.807, 2.05) is 19.9 Å². The van der Waals surface area contributed by atoms with Crippen molar-refractivity contribution in [3.05, 3.63) is 51.2 Å². The van der Waals surface area contributed by atoms with Crippen LogP contribution in [0, 0.1) is 6.92 Å². The van der Waals surface area contributed by atoms with Crippen molar-refractivity contribution in [2.45, 2.75) is 46.5 Å². The molecule has 27 heavy (non-hydrogen) atoms. The van der Waals surface area contributed by atoms with Crippen LogP contribution in [0.5, 0.6) is 0 Å². The molecular formula is C21H25NO4S. The van der Waals surface area contributed by atoms with E-state index >= 15 is 0 Å². The molecule has 1 amide bonds. The number of nitrogens with one attached hydrogen (secondary N) is 1. The van der Waals surface area contributed by atoms with Gasteiger partial charge in [0.25, 0.3) is 0 Å². The lowest BCUT2D eigenvalue weighted by Crippen LogP contribution is -2.14. The first kappa shape index (κ1) is 20.8.